The number of halogens is 2. The molecule has 0 saturated carbocycles. The van der Waals surface area contributed by atoms with Crippen molar-refractivity contribution in [2.24, 2.45) is 0 Å². The van der Waals surface area contributed by atoms with Gasteiger partial charge in [-0.05, 0) is 17.7 Å². The second kappa shape index (κ2) is 8.31. The largest absolute Gasteiger partial charge is 0.373 e. The summed E-state index contributed by atoms with van der Waals surface area (Å²) in [5, 5.41) is 7.94. The third kappa shape index (κ3) is 4.45. The molecule has 7 heteroatoms. The van der Waals surface area contributed by atoms with E-state index in [4.69, 9.17) is 11.6 Å². The van der Waals surface area contributed by atoms with Gasteiger partial charge in [-0.1, -0.05) is 48.0 Å². The highest BCUT2D eigenvalue weighted by atomic mass is 35.5. The maximum atomic E-state index is 13.7. The predicted molar refractivity (Wildman–Crippen MR) is 91.3 cm³/mol. The van der Waals surface area contributed by atoms with Crippen LogP contribution in [0.25, 0.3) is 0 Å². The first-order valence-electron chi connectivity index (χ1n) is 7.26. The van der Waals surface area contributed by atoms with Crippen LogP contribution in [0.5, 0.6) is 0 Å². The van der Waals surface area contributed by atoms with Gasteiger partial charge in [-0.3, -0.25) is 9.59 Å². The molecule has 0 unspecified atom stereocenters. The van der Waals surface area contributed by atoms with Gasteiger partial charge in [0.2, 0.25) is 11.8 Å². The normalized spacial score (nSPS) is 11.5. The second-order valence-electron chi connectivity index (χ2n) is 4.98. The SMILES string of the molecule is CNC(=O)[C@H](NC(=O)CNc1c(F)cccc1Cl)c1ccccc1. The summed E-state index contributed by atoms with van der Waals surface area (Å²) in [6.07, 6.45) is 0. The van der Waals surface area contributed by atoms with E-state index in [0.717, 1.165) is 0 Å². The van der Waals surface area contributed by atoms with Crippen LogP contribution < -0.4 is 16.0 Å². The van der Waals surface area contributed by atoms with Crippen LogP contribution >= 0.6 is 11.6 Å². The molecule has 1 atom stereocenters. The second-order valence-corrected chi connectivity index (χ2v) is 5.38. The lowest BCUT2D eigenvalue weighted by Gasteiger charge is -2.18. The number of benzene rings is 2. The Morgan fingerprint density at radius 2 is 1.83 bits per heavy atom. The molecule has 0 aliphatic carbocycles. The molecule has 126 valence electrons. The van der Waals surface area contributed by atoms with Gasteiger partial charge in [0.15, 0.2) is 0 Å². The van der Waals surface area contributed by atoms with E-state index in [1.54, 1.807) is 24.3 Å². The van der Waals surface area contributed by atoms with Crippen molar-refractivity contribution in [3.8, 4) is 0 Å². The van der Waals surface area contributed by atoms with Crippen molar-refractivity contribution in [1.82, 2.24) is 10.6 Å². The Morgan fingerprint density at radius 1 is 1.12 bits per heavy atom. The Bertz CT molecular complexity index is 705. The number of hydrogen-bond donors (Lipinski definition) is 3. The molecule has 24 heavy (non-hydrogen) atoms. The van der Waals surface area contributed by atoms with E-state index in [0.29, 0.717) is 5.56 Å². The number of anilines is 1. The molecule has 0 radical (unpaired) electrons. The fourth-order valence-corrected chi connectivity index (χ4v) is 2.37. The average Bonchev–Trinajstić information content (AvgIpc) is 2.59. The molecule has 0 aliphatic heterocycles. The average molecular weight is 350 g/mol. The molecule has 0 bridgehead atoms. The topological polar surface area (TPSA) is 70.2 Å². The molecule has 0 heterocycles. The van der Waals surface area contributed by atoms with E-state index in [1.807, 2.05) is 6.07 Å². The van der Waals surface area contributed by atoms with E-state index in [-0.39, 0.29) is 23.2 Å². The minimum absolute atomic E-state index is 0.0468. The Hall–Kier alpha value is -2.60. The summed E-state index contributed by atoms with van der Waals surface area (Å²) in [4.78, 5) is 24.1. The fourth-order valence-electron chi connectivity index (χ4n) is 2.14. The summed E-state index contributed by atoms with van der Waals surface area (Å²) in [5.41, 5.74) is 0.694. The molecule has 2 rings (SSSR count). The van der Waals surface area contributed by atoms with Gasteiger partial charge in [0.1, 0.15) is 11.9 Å². The lowest BCUT2D eigenvalue weighted by molar-refractivity contribution is -0.128. The zero-order chi connectivity index (χ0) is 17.5. The number of likely N-dealkylation sites (N-methyl/N-ethyl adjacent to an activating group) is 1. The number of amides is 2. The van der Waals surface area contributed by atoms with Crippen molar-refractivity contribution in [3.05, 3.63) is 64.9 Å². The first-order valence-corrected chi connectivity index (χ1v) is 7.64. The minimum atomic E-state index is -0.832. The van der Waals surface area contributed by atoms with Crippen LogP contribution in [-0.4, -0.2) is 25.4 Å². The molecule has 0 saturated heterocycles. The first-order chi connectivity index (χ1) is 11.5. The van der Waals surface area contributed by atoms with Crippen molar-refractivity contribution in [3.63, 3.8) is 0 Å². The molecule has 2 aromatic rings. The van der Waals surface area contributed by atoms with E-state index in [2.05, 4.69) is 16.0 Å². The lowest BCUT2D eigenvalue weighted by atomic mass is 10.1. The van der Waals surface area contributed by atoms with Crippen LogP contribution in [0.3, 0.4) is 0 Å². The van der Waals surface area contributed by atoms with Crippen LogP contribution in [0, 0.1) is 5.82 Å². The van der Waals surface area contributed by atoms with Gasteiger partial charge in [0, 0.05) is 7.05 Å². The highest BCUT2D eigenvalue weighted by Gasteiger charge is 2.21. The molecule has 0 fully saturated rings. The third-order valence-corrected chi connectivity index (χ3v) is 3.65. The van der Waals surface area contributed by atoms with Crippen molar-refractivity contribution in [2.45, 2.75) is 6.04 Å². The van der Waals surface area contributed by atoms with Gasteiger partial charge in [0.25, 0.3) is 0 Å². The first kappa shape index (κ1) is 17.7. The van der Waals surface area contributed by atoms with Crippen LogP contribution in [0.4, 0.5) is 10.1 Å². The maximum absolute atomic E-state index is 13.7. The van der Waals surface area contributed by atoms with Crippen LogP contribution in [0.1, 0.15) is 11.6 Å². The summed E-state index contributed by atoms with van der Waals surface area (Å²) in [6.45, 7) is -0.221. The van der Waals surface area contributed by atoms with Crippen LogP contribution in [-0.2, 0) is 9.59 Å². The van der Waals surface area contributed by atoms with Crippen molar-refractivity contribution >= 4 is 29.1 Å². The third-order valence-electron chi connectivity index (χ3n) is 3.34. The smallest absolute Gasteiger partial charge is 0.246 e. The maximum Gasteiger partial charge on any atom is 0.246 e. The number of rotatable bonds is 6. The number of nitrogens with one attached hydrogen (secondary N) is 3. The molecule has 0 aromatic heterocycles. The summed E-state index contributed by atoms with van der Waals surface area (Å²) in [5.74, 6) is -1.37. The molecular formula is C17H17ClFN3O2. The summed E-state index contributed by atoms with van der Waals surface area (Å²) >= 11 is 5.89. The monoisotopic (exact) mass is 349 g/mol. The lowest BCUT2D eigenvalue weighted by Crippen LogP contribution is -2.41. The zero-order valence-corrected chi connectivity index (χ0v) is 13.7. The number of carbonyl (C=O) groups excluding carboxylic acids is 2. The number of carbonyl (C=O) groups is 2. The van der Waals surface area contributed by atoms with Crippen molar-refractivity contribution < 1.29 is 14.0 Å². The Labute approximate surface area is 144 Å². The van der Waals surface area contributed by atoms with E-state index < -0.39 is 17.8 Å². The molecule has 0 aliphatic rings. The summed E-state index contributed by atoms with van der Waals surface area (Å²) < 4.78 is 13.7. The zero-order valence-electron chi connectivity index (χ0n) is 13.0. The van der Waals surface area contributed by atoms with Crippen molar-refractivity contribution in [1.29, 1.82) is 0 Å². The minimum Gasteiger partial charge on any atom is -0.373 e. The highest BCUT2D eigenvalue weighted by molar-refractivity contribution is 6.33. The fraction of sp³-hybridized carbons (Fsp3) is 0.176. The number of para-hydroxylation sites is 1. The highest BCUT2D eigenvalue weighted by Crippen LogP contribution is 2.24. The Balaban J connectivity index is 2.05. The summed E-state index contributed by atoms with van der Waals surface area (Å²) in [7, 11) is 1.49. The van der Waals surface area contributed by atoms with Crippen molar-refractivity contribution in [2.75, 3.05) is 18.9 Å². The standard InChI is InChI=1S/C17H17ClFN3O2/c1-20-17(24)15(11-6-3-2-4-7-11)22-14(23)10-21-16-12(18)8-5-9-13(16)19/h2-9,15,21H,10H2,1H3,(H,20,24)(H,22,23)/t15-/m1/s1. The quantitative estimate of drug-likeness (QED) is 0.750. The van der Waals surface area contributed by atoms with Crippen LogP contribution in [0.2, 0.25) is 5.02 Å². The molecule has 5 nitrogen and oxygen atoms in total. The van der Waals surface area contributed by atoms with Crippen LogP contribution in [0.15, 0.2) is 48.5 Å². The predicted octanol–water partition coefficient (Wildman–Crippen LogP) is 2.49. The molecular weight excluding hydrogens is 333 g/mol. The van der Waals surface area contributed by atoms with E-state index >= 15 is 0 Å². The Morgan fingerprint density at radius 3 is 2.46 bits per heavy atom. The van der Waals surface area contributed by atoms with E-state index in [1.165, 1.54) is 25.2 Å². The van der Waals surface area contributed by atoms with Gasteiger partial charge in [-0.2, -0.15) is 0 Å². The van der Waals surface area contributed by atoms with E-state index in [9.17, 15) is 14.0 Å². The summed E-state index contributed by atoms with van der Waals surface area (Å²) in [6, 6.07) is 12.2. The number of hydrogen-bond acceptors (Lipinski definition) is 3. The molecule has 3 N–H and O–H groups in total. The van der Waals surface area contributed by atoms with Gasteiger partial charge in [-0.25, -0.2) is 4.39 Å². The van der Waals surface area contributed by atoms with Gasteiger partial charge >= 0.3 is 0 Å². The molecule has 2 amide bonds. The Kier molecular flexibility index (Phi) is 6.14. The molecule has 0 spiro atoms. The van der Waals surface area contributed by atoms with Gasteiger partial charge < -0.3 is 16.0 Å². The van der Waals surface area contributed by atoms with Gasteiger partial charge in [0.05, 0.1) is 17.3 Å². The van der Waals surface area contributed by atoms with Gasteiger partial charge in [-0.15, -0.1) is 0 Å². The molecule has 2 aromatic carbocycles.